The van der Waals surface area contributed by atoms with Crippen LogP contribution in [0.2, 0.25) is 0 Å². The molecule has 0 radical (unpaired) electrons. The summed E-state index contributed by atoms with van der Waals surface area (Å²) < 4.78 is 11.1. The maximum Gasteiger partial charge on any atom is 0.161 e. The topological polar surface area (TPSA) is 56.5 Å². The second kappa shape index (κ2) is 5.59. The number of nitrogens with one attached hydrogen (secondary N) is 1. The molecule has 3 N–H and O–H groups in total. The molecule has 0 saturated carbocycles. The van der Waals surface area contributed by atoms with Gasteiger partial charge in [-0.1, -0.05) is 6.07 Å². The Morgan fingerprint density at radius 2 is 1.94 bits per heavy atom. The zero-order chi connectivity index (χ0) is 13.0. The minimum Gasteiger partial charge on any atom is -0.486 e. The van der Waals surface area contributed by atoms with Gasteiger partial charge in [0.25, 0.3) is 0 Å². The SMILES string of the molecule is CC(C)(N)CNCCc1ccc2c(c1)OCCO2. The quantitative estimate of drug-likeness (QED) is 0.774. The van der Waals surface area contributed by atoms with E-state index in [0.717, 1.165) is 31.0 Å². The smallest absolute Gasteiger partial charge is 0.161 e. The Kier molecular flexibility index (Phi) is 4.09. The van der Waals surface area contributed by atoms with E-state index in [4.69, 9.17) is 15.2 Å². The Bertz CT molecular complexity index is 399. The van der Waals surface area contributed by atoms with Gasteiger partial charge < -0.3 is 20.5 Å². The highest BCUT2D eigenvalue weighted by Gasteiger charge is 2.12. The van der Waals surface area contributed by atoms with Crippen LogP contribution in [-0.2, 0) is 6.42 Å². The number of rotatable bonds is 5. The molecule has 100 valence electrons. The van der Waals surface area contributed by atoms with E-state index in [0.29, 0.717) is 13.2 Å². The molecule has 0 atom stereocenters. The van der Waals surface area contributed by atoms with Crippen molar-refractivity contribution in [2.75, 3.05) is 26.3 Å². The Balaban J connectivity index is 1.83. The third-order valence-corrected chi connectivity index (χ3v) is 2.78. The maximum absolute atomic E-state index is 5.91. The van der Waals surface area contributed by atoms with Crippen molar-refractivity contribution in [1.29, 1.82) is 0 Å². The van der Waals surface area contributed by atoms with Crippen LogP contribution in [0.15, 0.2) is 18.2 Å². The highest BCUT2D eigenvalue weighted by atomic mass is 16.6. The first-order chi connectivity index (χ1) is 8.54. The average molecular weight is 250 g/mol. The molecule has 0 bridgehead atoms. The van der Waals surface area contributed by atoms with E-state index in [1.807, 2.05) is 19.9 Å². The Morgan fingerprint density at radius 3 is 2.67 bits per heavy atom. The fourth-order valence-electron chi connectivity index (χ4n) is 1.89. The molecule has 2 rings (SSSR count). The lowest BCUT2D eigenvalue weighted by Gasteiger charge is -2.20. The molecule has 0 amide bonds. The molecule has 0 aliphatic carbocycles. The van der Waals surface area contributed by atoms with Crippen molar-refractivity contribution in [1.82, 2.24) is 5.32 Å². The summed E-state index contributed by atoms with van der Waals surface area (Å²) in [5.74, 6) is 1.71. The van der Waals surface area contributed by atoms with Gasteiger partial charge in [-0.25, -0.2) is 0 Å². The van der Waals surface area contributed by atoms with Crippen molar-refractivity contribution in [3.05, 3.63) is 23.8 Å². The van der Waals surface area contributed by atoms with Crippen LogP contribution >= 0.6 is 0 Å². The van der Waals surface area contributed by atoms with E-state index in [-0.39, 0.29) is 5.54 Å². The molecule has 0 fully saturated rings. The van der Waals surface area contributed by atoms with Crippen molar-refractivity contribution < 1.29 is 9.47 Å². The average Bonchev–Trinajstić information content (AvgIpc) is 2.33. The zero-order valence-electron chi connectivity index (χ0n) is 11.2. The van der Waals surface area contributed by atoms with E-state index >= 15 is 0 Å². The summed E-state index contributed by atoms with van der Waals surface area (Å²) >= 11 is 0. The van der Waals surface area contributed by atoms with Gasteiger partial charge in [-0.3, -0.25) is 0 Å². The van der Waals surface area contributed by atoms with Crippen LogP contribution in [-0.4, -0.2) is 31.8 Å². The van der Waals surface area contributed by atoms with E-state index in [9.17, 15) is 0 Å². The molecule has 0 spiro atoms. The van der Waals surface area contributed by atoms with Crippen molar-refractivity contribution in [2.24, 2.45) is 5.73 Å². The Labute approximate surface area is 108 Å². The molecule has 0 unspecified atom stereocenters. The lowest BCUT2D eigenvalue weighted by Crippen LogP contribution is -2.43. The van der Waals surface area contributed by atoms with Crippen LogP contribution in [0.3, 0.4) is 0 Å². The Hall–Kier alpha value is -1.26. The summed E-state index contributed by atoms with van der Waals surface area (Å²) in [6.07, 6.45) is 0.965. The van der Waals surface area contributed by atoms with Gasteiger partial charge in [0.2, 0.25) is 0 Å². The van der Waals surface area contributed by atoms with Crippen LogP contribution in [0.5, 0.6) is 11.5 Å². The zero-order valence-corrected chi connectivity index (χ0v) is 11.2. The number of hydrogen-bond donors (Lipinski definition) is 2. The van der Waals surface area contributed by atoms with Crippen molar-refractivity contribution in [3.8, 4) is 11.5 Å². The molecular weight excluding hydrogens is 228 g/mol. The molecular formula is C14H22N2O2. The number of fused-ring (bicyclic) bond motifs is 1. The number of nitrogens with two attached hydrogens (primary N) is 1. The molecule has 0 saturated heterocycles. The summed E-state index contributed by atoms with van der Waals surface area (Å²) in [6, 6.07) is 6.13. The fourth-order valence-corrected chi connectivity index (χ4v) is 1.89. The van der Waals surface area contributed by atoms with Gasteiger partial charge in [0.1, 0.15) is 13.2 Å². The first-order valence-electron chi connectivity index (χ1n) is 6.43. The van der Waals surface area contributed by atoms with Gasteiger partial charge in [0.15, 0.2) is 11.5 Å². The second-order valence-corrected chi connectivity index (χ2v) is 5.39. The summed E-state index contributed by atoms with van der Waals surface area (Å²) in [6.45, 7) is 7.04. The van der Waals surface area contributed by atoms with E-state index in [2.05, 4.69) is 17.4 Å². The molecule has 1 aliphatic rings. The number of benzene rings is 1. The van der Waals surface area contributed by atoms with Crippen LogP contribution in [0, 0.1) is 0 Å². The molecule has 4 nitrogen and oxygen atoms in total. The highest BCUT2D eigenvalue weighted by Crippen LogP contribution is 2.30. The van der Waals surface area contributed by atoms with Gasteiger partial charge >= 0.3 is 0 Å². The number of hydrogen-bond acceptors (Lipinski definition) is 4. The van der Waals surface area contributed by atoms with Crippen LogP contribution in [0.1, 0.15) is 19.4 Å². The third-order valence-electron chi connectivity index (χ3n) is 2.78. The summed E-state index contributed by atoms with van der Waals surface area (Å²) in [4.78, 5) is 0. The predicted molar refractivity (Wildman–Crippen MR) is 72.3 cm³/mol. The monoisotopic (exact) mass is 250 g/mol. The summed E-state index contributed by atoms with van der Waals surface area (Å²) in [5, 5.41) is 3.36. The van der Waals surface area contributed by atoms with Gasteiger partial charge in [0.05, 0.1) is 0 Å². The van der Waals surface area contributed by atoms with Crippen LogP contribution < -0.4 is 20.5 Å². The van der Waals surface area contributed by atoms with Gasteiger partial charge in [-0.2, -0.15) is 0 Å². The standard InChI is InChI=1S/C14H22N2O2/c1-14(2,15)10-16-6-5-11-3-4-12-13(9-11)18-8-7-17-12/h3-4,9,16H,5-8,10,15H2,1-2H3. The van der Waals surface area contributed by atoms with Crippen LogP contribution in [0.25, 0.3) is 0 Å². The van der Waals surface area contributed by atoms with Crippen LogP contribution in [0.4, 0.5) is 0 Å². The third kappa shape index (κ3) is 3.89. The van der Waals surface area contributed by atoms with E-state index < -0.39 is 0 Å². The van der Waals surface area contributed by atoms with E-state index in [1.165, 1.54) is 5.56 Å². The maximum atomic E-state index is 5.91. The number of ether oxygens (including phenoxy) is 2. The Morgan fingerprint density at radius 1 is 1.22 bits per heavy atom. The van der Waals surface area contributed by atoms with Crippen molar-refractivity contribution >= 4 is 0 Å². The summed E-state index contributed by atoms with van der Waals surface area (Å²) in [7, 11) is 0. The van der Waals surface area contributed by atoms with Gasteiger partial charge in [0, 0.05) is 12.1 Å². The lowest BCUT2D eigenvalue weighted by molar-refractivity contribution is 0.171. The van der Waals surface area contributed by atoms with Crippen molar-refractivity contribution in [3.63, 3.8) is 0 Å². The fraction of sp³-hybridized carbons (Fsp3) is 0.571. The predicted octanol–water partition coefficient (Wildman–Crippen LogP) is 1.33. The molecule has 1 aromatic carbocycles. The first-order valence-corrected chi connectivity index (χ1v) is 6.43. The molecule has 1 heterocycles. The minimum absolute atomic E-state index is 0.160. The highest BCUT2D eigenvalue weighted by molar-refractivity contribution is 5.43. The summed E-state index contributed by atoms with van der Waals surface area (Å²) in [5.41, 5.74) is 7.00. The second-order valence-electron chi connectivity index (χ2n) is 5.39. The molecule has 1 aliphatic heterocycles. The minimum atomic E-state index is -0.160. The lowest BCUT2D eigenvalue weighted by atomic mass is 10.1. The molecule has 4 heteroatoms. The first kappa shape index (κ1) is 13.2. The molecule has 0 aromatic heterocycles. The normalized spacial score (nSPS) is 14.6. The van der Waals surface area contributed by atoms with Gasteiger partial charge in [-0.05, 0) is 44.5 Å². The largest absolute Gasteiger partial charge is 0.486 e. The van der Waals surface area contributed by atoms with E-state index in [1.54, 1.807) is 0 Å². The molecule has 18 heavy (non-hydrogen) atoms. The van der Waals surface area contributed by atoms with Crippen molar-refractivity contribution in [2.45, 2.75) is 25.8 Å². The molecule has 1 aromatic rings. The van der Waals surface area contributed by atoms with Gasteiger partial charge in [-0.15, -0.1) is 0 Å².